The number of hydrogen-bond donors (Lipinski definition) is 2. The van der Waals surface area contributed by atoms with Crippen molar-refractivity contribution in [2.24, 2.45) is 0 Å². The number of fused-ring (bicyclic) bond motifs is 1. The number of halogens is 1. The topological polar surface area (TPSA) is 44.7 Å². The fourth-order valence-corrected chi connectivity index (χ4v) is 4.01. The quantitative estimate of drug-likeness (QED) is 0.748. The van der Waals surface area contributed by atoms with E-state index in [1.807, 2.05) is 36.4 Å². The molecule has 0 spiro atoms. The van der Waals surface area contributed by atoms with Crippen LogP contribution in [0.4, 0.5) is 5.69 Å². The molecule has 148 valence electrons. The van der Waals surface area contributed by atoms with Gasteiger partial charge in [-0.05, 0) is 74.2 Å². The molecular weight excluding hydrogens is 372 g/mol. The summed E-state index contributed by atoms with van der Waals surface area (Å²) in [6.07, 6.45) is 7.74. The summed E-state index contributed by atoms with van der Waals surface area (Å²) >= 11 is 5.94. The Labute approximate surface area is 171 Å². The number of rotatable bonds is 6. The summed E-state index contributed by atoms with van der Waals surface area (Å²) in [7, 11) is 0. The van der Waals surface area contributed by atoms with Crippen molar-refractivity contribution >= 4 is 23.4 Å². The van der Waals surface area contributed by atoms with E-state index in [2.05, 4.69) is 22.3 Å². The number of nitrogens with one attached hydrogen (secondary N) is 1. The minimum Gasteiger partial charge on any atom is -0.490 e. The Morgan fingerprint density at radius 3 is 2.68 bits per heavy atom. The van der Waals surface area contributed by atoms with Crippen molar-refractivity contribution in [1.82, 2.24) is 4.90 Å². The van der Waals surface area contributed by atoms with E-state index in [0.29, 0.717) is 0 Å². The Kier molecular flexibility index (Phi) is 6.20. The van der Waals surface area contributed by atoms with Gasteiger partial charge in [-0.25, -0.2) is 0 Å². The number of nitrogens with zero attached hydrogens (tertiary/aromatic N) is 1. The van der Waals surface area contributed by atoms with Gasteiger partial charge >= 0.3 is 0 Å². The summed E-state index contributed by atoms with van der Waals surface area (Å²) in [4.78, 5) is 2.54. The molecule has 2 aliphatic heterocycles. The zero-order valence-corrected chi connectivity index (χ0v) is 16.7. The van der Waals surface area contributed by atoms with E-state index in [4.69, 9.17) is 16.3 Å². The zero-order chi connectivity index (χ0) is 19.3. The number of anilines is 1. The zero-order valence-electron chi connectivity index (χ0n) is 16.0. The first kappa shape index (κ1) is 19.3. The first-order valence-electron chi connectivity index (χ1n) is 10.1. The molecule has 0 amide bonds. The number of benzene rings is 2. The molecule has 28 heavy (non-hydrogen) atoms. The molecule has 5 heteroatoms. The van der Waals surface area contributed by atoms with Crippen molar-refractivity contribution in [1.29, 1.82) is 0 Å². The average molecular weight is 399 g/mol. The summed E-state index contributed by atoms with van der Waals surface area (Å²) in [5.74, 6) is 0.905. The van der Waals surface area contributed by atoms with Crippen LogP contribution in [0, 0.1) is 0 Å². The molecule has 1 unspecified atom stereocenters. The predicted octanol–water partition coefficient (Wildman–Crippen LogP) is 4.57. The van der Waals surface area contributed by atoms with Crippen LogP contribution in [-0.4, -0.2) is 42.0 Å². The molecule has 2 aromatic carbocycles. The van der Waals surface area contributed by atoms with Crippen LogP contribution in [0.2, 0.25) is 5.02 Å². The normalized spacial score (nSPS) is 19.9. The van der Waals surface area contributed by atoms with Gasteiger partial charge in [-0.1, -0.05) is 29.8 Å². The van der Waals surface area contributed by atoms with Crippen LogP contribution in [0.1, 0.15) is 30.4 Å². The number of aliphatic hydroxyl groups excluding tert-OH is 1. The average Bonchev–Trinajstić information content (AvgIpc) is 2.71. The number of aliphatic hydroxyl groups is 1. The van der Waals surface area contributed by atoms with E-state index < -0.39 is 6.23 Å². The maximum Gasteiger partial charge on any atom is 0.144 e. The van der Waals surface area contributed by atoms with E-state index in [1.54, 1.807) is 6.08 Å². The van der Waals surface area contributed by atoms with Gasteiger partial charge in [-0.3, -0.25) is 0 Å². The van der Waals surface area contributed by atoms with Crippen molar-refractivity contribution in [3.8, 4) is 5.75 Å². The van der Waals surface area contributed by atoms with Crippen LogP contribution in [-0.2, 0) is 6.42 Å². The van der Waals surface area contributed by atoms with Crippen LogP contribution >= 0.6 is 11.6 Å². The lowest BCUT2D eigenvalue weighted by Gasteiger charge is -2.32. The standard InChI is InChI=1S/C23H27ClN2O2/c24-19-6-3-17(4-7-19)2-1-13-26-14-11-20(12-15-26)28-21-8-9-22-18(16-21)5-10-23(27)25-22/h3-10,16,20,23,25,27H,1-2,11-15H2. The fourth-order valence-electron chi connectivity index (χ4n) is 3.89. The van der Waals surface area contributed by atoms with Crippen LogP contribution in [0.5, 0.6) is 5.75 Å². The highest BCUT2D eigenvalue weighted by atomic mass is 35.5. The first-order valence-corrected chi connectivity index (χ1v) is 10.4. The lowest BCUT2D eigenvalue weighted by Crippen LogP contribution is -2.38. The van der Waals surface area contributed by atoms with E-state index in [9.17, 15) is 5.11 Å². The number of ether oxygens (including phenoxy) is 1. The fraction of sp³-hybridized carbons (Fsp3) is 0.391. The molecule has 0 bridgehead atoms. The number of hydrogen-bond acceptors (Lipinski definition) is 4. The highest BCUT2D eigenvalue weighted by Crippen LogP contribution is 2.28. The second-order valence-corrected chi connectivity index (χ2v) is 8.02. The summed E-state index contributed by atoms with van der Waals surface area (Å²) in [5, 5.41) is 13.4. The molecule has 0 aromatic heterocycles. The van der Waals surface area contributed by atoms with Gasteiger partial charge in [0.05, 0.1) is 0 Å². The Morgan fingerprint density at radius 2 is 1.89 bits per heavy atom. The van der Waals surface area contributed by atoms with Crippen LogP contribution in [0.25, 0.3) is 6.08 Å². The molecular formula is C23H27ClN2O2. The van der Waals surface area contributed by atoms with Crippen LogP contribution < -0.4 is 10.1 Å². The highest BCUT2D eigenvalue weighted by molar-refractivity contribution is 6.30. The monoisotopic (exact) mass is 398 g/mol. The molecule has 4 rings (SSSR count). The second-order valence-electron chi connectivity index (χ2n) is 7.59. The van der Waals surface area contributed by atoms with E-state index >= 15 is 0 Å². The molecule has 2 N–H and O–H groups in total. The molecule has 0 aliphatic carbocycles. The lowest BCUT2D eigenvalue weighted by atomic mass is 10.1. The van der Waals surface area contributed by atoms with Crippen molar-refractivity contribution < 1.29 is 9.84 Å². The number of piperidine rings is 1. The summed E-state index contributed by atoms with van der Waals surface area (Å²) < 4.78 is 6.22. The minimum atomic E-state index is -0.608. The minimum absolute atomic E-state index is 0.275. The maximum atomic E-state index is 9.61. The number of aryl methyl sites for hydroxylation is 1. The van der Waals surface area contributed by atoms with Gasteiger partial charge in [-0.15, -0.1) is 0 Å². The molecule has 1 saturated heterocycles. The largest absolute Gasteiger partial charge is 0.490 e. The molecule has 2 aromatic rings. The third-order valence-electron chi connectivity index (χ3n) is 5.47. The van der Waals surface area contributed by atoms with E-state index in [-0.39, 0.29) is 6.10 Å². The highest BCUT2D eigenvalue weighted by Gasteiger charge is 2.21. The van der Waals surface area contributed by atoms with E-state index in [0.717, 1.165) is 60.9 Å². The molecule has 0 radical (unpaired) electrons. The summed E-state index contributed by atoms with van der Waals surface area (Å²) in [6, 6.07) is 14.2. The second kappa shape index (κ2) is 8.99. The van der Waals surface area contributed by atoms with Crippen LogP contribution in [0.3, 0.4) is 0 Å². The molecule has 4 nitrogen and oxygen atoms in total. The molecule has 0 saturated carbocycles. The Balaban J connectivity index is 1.20. The van der Waals surface area contributed by atoms with Crippen LogP contribution in [0.15, 0.2) is 48.5 Å². The van der Waals surface area contributed by atoms with Crippen molar-refractivity contribution in [2.45, 2.75) is 38.0 Å². The van der Waals surface area contributed by atoms with Gasteiger partial charge in [0.15, 0.2) is 0 Å². The summed E-state index contributed by atoms with van der Waals surface area (Å²) in [5.41, 5.74) is 3.35. The van der Waals surface area contributed by atoms with Gasteiger partial charge in [0, 0.05) is 29.4 Å². The first-order chi connectivity index (χ1) is 13.7. The summed E-state index contributed by atoms with van der Waals surface area (Å²) in [6.45, 7) is 3.31. The Morgan fingerprint density at radius 1 is 1.11 bits per heavy atom. The molecule has 2 heterocycles. The Bertz CT molecular complexity index is 814. The maximum absolute atomic E-state index is 9.61. The van der Waals surface area contributed by atoms with Gasteiger partial charge in [0.25, 0.3) is 0 Å². The SMILES string of the molecule is OC1C=Cc2cc(OC3CCN(CCCc4ccc(Cl)cc4)CC3)ccc2N1. The molecule has 2 aliphatic rings. The van der Waals surface area contributed by atoms with Crippen molar-refractivity contribution in [2.75, 3.05) is 25.0 Å². The van der Waals surface area contributed by atoms with E-state index in [1.165, 1.54) is 12.0 Å². The number of likely N-dealkylation sites (tertiary alicyclic amines) is 1. The lowest BCUT2D eigenvalue weighted by molar-refractivity contribution is 0.1000. The van der Waals surface area contributed by atoms with Gasteiger partial charge < -0.3 is 20.1 Å². The molecule has 1 fully saturated rings. The van der Waals surface area contributed by atoms with Gasteiger partial charge in [0.1, 0.15) is 18.1 Å². The smallest absolute Gasteiger partial charge is 0.144 e. The van der Waals surface area contributed by atoms with Gasteiger partial charge in [0.2, 0.25) is 0 Å². The van der Waals surface area contributed by atoms with Crippen molar-refractivity contribution in [3.63, 3.8) is 0 Å². The van der Waals surface area contributed by atoms with Gasteiger partial charge in [-0.2, -0.15) is 0 Å². The predicted molar refractivity (Wildman–Crippen MR) is 115 cm³/mol. The molecule has 1 atom stereocenters. The van der Waals surface area contributed by atoms with Crippen molar-refractivity contribution in [3.05, 3.63) is 64.7 Å². The Hall–Kier alpha value is -2.01. The third-order valence-corrected chi connectivity index (χ3v) is 5.73. The third kappa shape index (κ3) is 5.07.